The van der Waals surface area contributed by atoms with Gasteiger partial charge in [0.25, 0.3) is 0 Å². The maximum Gasteiger partial charge on any atom is 0.320 e. The Bertz CT molecular complexity index is 1500. The Morgan fingerprint density at radius 2 is 1.50 bits per heavy atom. The lowest BCUT2D eigenvalue weighted by atomic mass is 9.76. The summed E-state index contributed by atoms with van der Waals surface area (Å²) in [4.78, 5) is 53.6. The third-order valence-electron chi connectivity index (χ3n) is 10.4. The topological polar surface area (TPSA) is 121 Å². The number of amides is 2. The Hall–Kier alpha value is -3.80. The molecule has 0 spiro atoms. The molecule has 0 aromatic heterocycles. The van der Waals surface area contributed by atoms with Gasteiger partial charge in [0, 0.05) is 70.3 Å². The average Bonchev–Trinajstić information content (AvgIpc) is 3.15. The van der Waals surface area contributed by atoms with Crippen molar-refractivity contribution < 1.29 is 42.9 Å². The molecule has 5 rings (SSSR count). The molecular weight excluding hydrogens is 688 g/mol. The lowest BCUT2D eigenvalue weighted by Crippen LogP contribution is -2.54. The molecule has 54 heavy (non-hydrogen) atoms. The molecule has 3 aliphatic rings. The van der Waals surface area contributed by atoms with Crippen LogP contribution in [0.4, 0.5) is 4.79 Å². The summed E-state index contributed by atoms with van der Waals surface area (Å²) < 4.78 is 28.2. The van der Waals surface area contributed by atoms with Crippen LogP contribution in [0.15, 0.2) is 54.6 Å². The van der Waals surface area contributed by atoms with Crippen molar-refractivity contribution in [3.05, 3.63) is 65.7 Å². The van der Waals surface area contributed by atoms with Gasteiger partial charge in [0.15, 0.2) is 5.78 Å². The van der Waals surface area contributed by atoms with Gasteiger partial charge < -0.3 is 33.5 Å². The molecule has 3 saturated heterocycles. The second-order valence-corrected chi connectivity index (χ2v) is 15.8. The number of hydrogen-bond acceptors (Lipinski definition) is 9. The molecule has 0 unspecified atom stereocenters. The lowest BCUT2D eigenvalue weighted by molar-refractivity contribution is -0.155. The summed E-state index contributed by atoms with van der Waals surface area (Å²) in [5.74, 6) is 1.46. The van der Waals surface area contributed by atoms with Crippen molar-refractivity contribution >= 4 is 23.6 Å². The molecule has 296 valence electrons. The highest BCUT2D eigenvalue weighted by Crippen LogP contribution is 2.39. The fourth-order valence-electron chi connectivity index (χ4n) is 7.77. The highest BCUT2D eigenvalue weighted by atomic mass is 16.6. The normalized spacial score (nSPS) is 19.9. The Morgan fingerprint density at radius 1 is 0.796 bits per heavy atom. The first-order valence-corrected chi connectivity index (χ1v) is 19.9. The van der Waals surface area contributed by atoms with E-state index in [-0.39, 0.29) is 48.1 Å². The molecule has 0 saturated carbocycles. The van der Waals surface area contributed by atoms with Crippen molar-refractivity contribution in [1.29, 1.82) is 0 Å². The van der Waals surface area contributed by atoms with Crippen LogP contribution in [-0.2, 0) is 33.3 Å². The van der Waals surface area contributed by atoms with Crippen LogP contribution >= 0.6 is 0 Å². The number of hydrogen-bond donors (Lipinski definition) is 0. The predicted molar refractivity (Wildman–Crippen MR) is 205 cm³/mol. The minimum Gasteiger partial charge on any atom is -0.494 e. The van der Waals surface area contributed by atoms with Gasteiger partial charge in [-0.25, -0.2) is 4.79 Å². The summed E-state index contributed by atoms with van der Waals surface area (Å²) in [6, 6.07) is 19.0. The van der Waals surface area contributed by atoms with Crippen molar-refractivity contribution in [1.82, 2.24) is 9.80 Å². The van der Waals surface area contributed by atoms with Gasteiger partial charge in [-0.15, -0.1) is 0 Å². The number of Topliss-reactive ketones (excluding diaryl/α,β-unsaturated/α-hetero) is 2. The van der Waals surface area contributed by atoms with Gasteiger partial charge in [0.2, 0.25) is 0 Å². The van der Waals surface area contributed by atoms with Gasteiger partial charge >= 0.3 is 12.0 Å². The van der Waals surface area contributed by atoms with E-state index >= 15 is 0 Å². The van der Waals surface area contributed by atoms with Crippen LogP contribution in [0.3, 0.4) is 0 Å². The number of ether oxygens (including phenoxy) is 5. The van der Waals surface area contributed by atoms with E-state index in [1.165, 1.54) is 11.1 Å². The zero-order valence-electron chi connectivity index (χ0n) is 32.5. The molecule has 2 aromatic carbocycles. The SMILES string of the molecule is CC(C)(C)OC(=O)CCCOCCOCCC(=O)CCCOc1cccc([C@@H](c2ccccc2)C2CCN(C(=O)N3CC[C@@H]4OCC(=O)C[C@@H]4C3)CC2)c1. The van der Waals surface area contributed by atoms with E-state index < -0.39 is 5.60 Å². The quantitative estimate of drug-likeness (QED) is 0.123. The highest BCUT2D eigenvalue weighted by molar-refractivity contribution is 5.81. The molecule has 0 aliphatic carbocycles. The standard InChI is InChI=1S/C43H60N2O9/c1-43(2,3)54-40(48)15-9-23-50-26-27-51-25-19-36(46)13-8-24-52-38-14-7-12-34(29-38)41(32-10-5-4-6-11-32)33-16-20-44(21-17-33)42(49)45-22-18-39-35(30-45)28-37(47)31-53-39/h4-7,10-12,14,29,33,35,39,41H,8-9,13,15-28,30-31H2,1-3H3/t35-,39+,41+/m1/s1. The fraction of sp³-hybridized carbons (Fsp3) is 0.628. The number of piperidine rings is 2. The number of ketones is 2. The van der Waals surface area contributed by atoms with E-state index in [0.29, 0.717) is 104 Å². The summed E-state index contributed by atoms with van der Waals surface area (Å²) in [6.07, 6.45) is 5.50. The Kier molecular flexibility index (Phi) is 15.9. The molecule has 2 aromatic rings. The van der Waals surface area contributed by atoms with Crippen molar-refractivity contribution in [3.63, 3.8) is 0 Å². The smallest absolute Gasteiger partial charge is 0.320 e. The number of likely N-dealkylation sites (tertiary alicyclic amines) is 2. The molecule has 2 amide bonds. The van der Waals surface area contributed by atoms with Gasteiger partial charge in [0.1, 0.15) is 23.7 Å². The highest BCUT2D eigenvalue weighted by Gasteiger charge is 2.39. The fourth-order valence-corrected chi connectivity index (χ4v) is 7.77. The minimum absolute atomic E-state index is 0.0809. The van der Waals surface area contributed by atoms with Gasteiger partial charge in [-0.3, -0.25) is 14.4 Å². The molecule has 0 radical (unpaired) electrons. The van der Waals surface area contributed by atoms with Crippen LogP contribution in [0, 0.1) is 11.8 Å². The summed E-state index contributed by atoms with van der Waals surface area (Å²) in [6.45, 7) is 10.5. The second kappa shape index (κ2) is 20.8. The van der Waals surface area contributed by atoms with E-state index in [2.05, 4.69) is 36.4 Å². The van der Waals surface area contributed by atoms with Crippen LogP contribution in [0.5, 0.6) is 5.75 Å². The summed E-state index contributed by atoms with van der Waals surface area (Å²) in [5.41, 5.74) is 1.96. The van der Waals surface area contributed by atoms with Gasteiger partial charge in [-0.1, -0.05) is 42.5 Å². The van der Waals surface area contributed by atoms with Crippen molar-refractivity contribution in [2.24, 2.45) is 11.8 Å². The first-order chi connectivity index (χ1) is 26.1. The van der Waals surface area contributed by atoms with E-state index in [9.17, 15) is 19.2 Å². The van der Waals surface area contributed by atoms with Crippen molar-refractivity contribution in [2.45, 2.75) is 96.2 Å². The maximum absolute atomic E-state index is 13.6. The lowest BCUT2D eigenvalue weighted by Gasteiger charge is -2.43. The number of esters is 1. The zero-order chi connectivity index (χ0) is 38.3. The largest absolute Gasteiger partial charge is 0.494 e. The molecule has 11 nitrogen and oxygen atoms in total. The van der Waals surface area contributed by atoms with Gasteiger partial charge in [-0.2, -0.15) is 0 Å². The molecule has 0 N–H and O–H groups in total. The second-order valence-electron chi connectivity index (χ2n) is 15.8. The van der Waals surface area contributed by atoms with Crippen LogP contribution < -0.4 is 4.74 Å². The van der Waals surface area contributed by atoms with Gasteiger partial charge in [-0.05, 0) is 82.1 Å². The maximum atomic E-state index is 13.6. The predicted octanol–water partition coefficient (Wildman–Crippen LogP) is 6.60. The van der Waals surface area contributed by atoms with E-state index in [4.69, 9.17) is 23.7 Å². The monoisotopic (exact) mass is 748 g/mol. The number of benzene rings is 2. The third-order valence-corrected chi connectivity index (χ3v) is 10.4. The number of nitrogens with zero attached hydrogens (tertiary/aromatic N) is 2. The zero-order valence-corrected chi connectivity index (χ0v) is 32.5. The summed E-state index contributed by atoms with van der Waals surface area (Å²) >= 11 is 0. The van der Waals surface area contributed by atoms with Crippen LogP contribution in [0.25, 0.3) is 0 Å². The Balaban J connectivity index is 1.01. The molecule has 3 heterocycles. The Morgan fingerprint density at radius 3 is 2.26 bits per heavy atom. The van der Waals surface area contributed by atoms with Crippen LogP contribution in [0.1, 0.15) is 95.6 Å². The summed E-state index contributed by atoms with van der Waals surface area (Å²) in [5, 5.41) is 0. The molecule has 11 heteroatoms. The number of carbonyl (C=O) groups excluding carboxylic acids is 4. The van der Waals surface area contributed by atoms with Crippen molar-refractivity contribution in [2.75, 3.05) is 65.8 Å². The van der Waals surface area contributed by atoms with E-state index in [1.54, 1.807) is 0 Å². The molecule has 3 fully saturated rings. The summed E-state index contributed by atoms with van der Waals surface area (Å²) in [7, 11) is 0. The van der Waals surface area contributed by atoms with E-state index in [0.717, 1.165) is 25.0 Å². The number of urea groups is 1. The Labute approximate surface area is 321 Å². The molecular formula is C43H60N2O9. The average molecular weight is 749 g/mol. The minimum atomic E-state index is -0.476. The van der Waals surface area contributed by atoms with Crippen LogP contribution in [0.2, 0.25) is 0 Å². The first kappa shape index (κ1) is 41.4. The van der Waals surface area contributed by atoms with Crippen molar-refractivity contribution in [3.8, 4) is 5.75 Å². The number of fused-ring (bicyclic) bond motifs is 1. The van der Waals surface area contributed by atoms with Crippen LogP contribution in [-0.4, -0.2) is 111 Å². The molecule has 3 aliphatic heterocycles. The number of rotatable bonds is 18. The molecule has 3 atom stereocenters. The molecule has 0 bridgehead atoms. The van der Waals surface area contributed by atoms with E-state index in [1.807, 2.05) is 48.8 Å². The third kappa shape index (κ3) is 13.2. The first-order valence-electron chi connectivity index (χ1n) is 19.9. The van der Waals surface area contributed by atoms with Gasteiger partial charge in [0.05, 0.1) is 32.5 Å². The number of carbonyl (C=O) groups is 4.